The van der Waals surface area contributed by atoms with E-state index in [1.54, 1.807) is 0 Å². The maximum absolute atomic E-state index is 6.07. The summed E-state index contributed by atoms with van der Waals surface area (Å²) in [6.45, 7) is 0. The van der Waals surface area contributed by atoms with E-state index in [1.807, 2.05) is 4.68 Å². The molecule has 1 aromatic heterocycles. The number of hydrogen-bond donors (Lipinski definition) is 2. The average molecular weight is 248 g/mol. The molecule has 4 nitrogen and oxygen atoms in total. The van der Waals surface area contributed by atoms with Crippen LogP contribution < -0.4 is 11.1 Å². The molecule has 0 aromatic carbocycles. The molecule has 3 N–H and O–H groups in total. The maximum atomic E-state index is 6.07. The van der Waals surface area contributed by atoms with Crippen LogP contribution in [0.1, 0.15) is 55.8 Å². The van der Waals surface area contributed by atoms with Crippen LogP contribution in [0.3, 0.4) is 0 Å². The number of aromatic nitrogens is 2. The van der Waals surface area contributed by atoms with Gasteiger partial charge in [0.1, 0.15) is 0 Å². The fourth-order valence-corrected chi connectivity index (χ4v) is 3.54. The summed E-state index contributed by atoms with van der Waals surface area (Å²) in [5.41, 5.74) is 8.91. The van der Waals surface area contributed by atoms with Crippen LogP contribution in [-0.4, -0.2) is 21.9 Å². The minimum Gasteiger partial charge on any atom is -0.328 e. The van der Waals surface area contributed by atoms with Crippen molar-refractivity contribution in [1.82, 2.24) is 15.1 Å². The lowest BCUT2D eigenvalue weighted by Gasteiger charge is -2.33. The van der Waals surface area contributed by atoms with Crippen molar-refractivity contribution >= 4 is 0 Å². The molecule has 18 heavy (non-hydrogen) atoms. The normalized spacial score (nSPS) is 32.2. The molecule has 0 saturated heterocycles. The molecule has 0 bridgehead atoms. The van der Waals surface area contributed by atoms with Gasteiger partial charge >= 0.3 is 0 Å². The Kier molecular flexibility index (Phi) is 3.39. The first-order valence-electron chi connectivity index (χ1n) is 7.26. The monoisotopic (exact) mass is 248 g/mol. The number of aryl methyl sites for hydroxylation is 1. The van der Waals surface area contributed by atoms with Gasteiger partial charge in [-0.3, -0.25) is 4.68 Å². The Morgan fingerprint density at radius 3 is 3.06 bits per heavy atom. The average Bonchev–Trinajstić information content (AvgIpc) is 2.73. The SMILES string of the molecule is Cn1ncc2c1CCCC2NC1CCCC(N)C1. The quantitative estimate of drug-likeness (QED) is 0.837. The summed E-state index contributed by atoms with van der Waals surface area (Å²) in [6.07, 6.45) is 10.6. The summed E-state index contributed by atoms with van der Waals surface area (Å²) in [4.78, 5) is 0. The van der Waals surface area contributed by atoms with Crippen molar-refractivity contribution in [1.29, 1.82) is 0 Å². The lowest BCUT2D eigenvalue weighted by Crippen LogP contribution is -2.41. The Labute approximate surface area is 109 Å². The standard InChI is InChI=1S/C14H24N4/c1-18-14-7-3-6-13(12(14)9-16-18)17-11-5-2-4-10(15)8-11/h9-11,13,17H,2-8,15H2,1H3. The Balaban J connectivity index is 1.70. The van der Waals surface area contributed by atoms with Gasteiger partial charge in [-0.05, 0) is 38.5 Å². The smallest absolute Gasteiger partial charge is 0.0540 e. The van der Waals surface area contributed by atoms with Crippen LogP contribution >= 0.6 is 0 Å². The van der Waals surface area contributed by atoms with Crippen molar-refractivity contribution in [2.24, 2.45) is 12.8 Å². The van der Waals surface area contributed by atoms with E-state index in [-0.39, 0.29) is 0 Å². The van der Waals surface area contributed by atoms with E-state index in [4.69, 9.17) is 5.73 Å². The highest BCUT2D eigenvalue weighted by Gasteiger charge is 2.27. The second-order valence-electron chi connectivity index (χ2n) is 5.91. The molecule has 0 amide bonds. The van der Waals surface area contributed by atoms with E-state index in [1.165, 1.54) is 49.8 Å². The van der Waals surface area contributed by atoms with Crippen LogP contribution in [0, 0.1) is 0 Å². The summed E-state index contributed by atoms with van der Waals surface area (Å²) >= 11 is 0. The van der Waals surface area contributed by atoms with Gasteiger partial charge in [-0.2, -0.15) is 5.10 Å². The molecule has 0 radical (unpaired) electrons. The zero-order valence-electron chi connectivity index (χ0n) is 11.2. The summed E-state index contributed by atoms with van der Waals surface area (Å²) in [6, 6.07) is 1.50. The highest BCUT2D eigenvalue weighted by Crippen LogP contribution is 2.31. The van der Waals surface area contributed by atoms with E-state index in [0.29, 0.717) is 18.1 Å². The first-order chi connectivity index (χ1) is 8.74. The van der Waals surface area contributed by atoms with Gasteiger partial charge < -0.3 is 11.1 Å². The molecule has 1 saturated carbocycles. The predicted octanol–water partition coefficient (Wildman–Crippen LogP) is 1.66. The molecular weight excluding hydrogens is 224 g/mol. The van der Waals surface area contributed by atoms with E-state index < -0.39 is 0 Å². The summed E-state index contributed by atoms with van der Waals surface area (Å²) in [5.74, 6) is 0. The van der Waals surface area contributed by atoms with Crippen LogP contribution in [0.15, 0.2) is 6.20 Å². The van der Waals surface area contributed by atoms with Gasteiger partial charge in [0.25, 0.3) is 0 Å². The number of nitrogens with zero attached hydrogens (tertiary/aromatic N) is 2. The predicted molar refractivity (Wildman–Crippen MR) is 72.3 cm³/mol. The third-order valence-corrected chi connectivity index (χ3v) is 4.53. The third-order valence-electron chi connectivity index (χ3n) is 4.53. The van der Waals surface area contributed by atoms with Crippen molar-refractivity contribution in [3.05, 3.63) is 17.5 Å². The molecule has 2 aliphatic carbocycles. The van der Waals surface area contributed by atoms with Gasteiger partial charge in [-0.25, -0.2) is 0 Å². The topological polar surface area (TPSA) is 55.9 Å². The molecule has 100 valence electrons. The molecule has 1 fully saturated rings. The maximum Gasteiger partial charge on any atom is 0.0540 e. The first-order valence-corrected chi connectivity index (χ1v) is 7.26. The zero-order valence-corrected chi connectivity index (χ0v) is 11.2. The second kappa shape index (κ2) is 5.02. The Hall–Kier alpha value is -0.870. The lowest BCUT2D eigenvalue weighted by molar-refractivity contribution is 0.298. The number of rotatable bonds is 2. The van der Waals surface area contributed by atoms with Gasteiger partial charge in [0.05, 0.1) is 6.20 Å². The second-order valence-corrected chi connectivity index (χ2v) is 5.91. The molecule has 3 rings (SSSR count). The minimum atomic E-state index is 0.396. The largest absolute Gasteiger partial charge is 0.328 e. The first kappa shape index (κ1) is 12.2. The number of hydrogen-bond acceptors (Lipinski definition) is 3. The number of nitrogens with two attached hydrogens (primary N) is 1. The summed E-state index contributed by atoms with van der Waals surface area (Å²) < 4.78 is 2.04. The number of fused-ring (bicyclic) bond motifs is 1. The fraction of sp³-hybridized carbons (Fsp3) is 0.786. The van der Waals surface area contributed by atoms with E-state index in [0.717, 1.165) is 6.42 Å². The molecule has 1 aromatic rings. The van der Waals surface area contributed by atoms with Gasteiger partial charge in [0.15, 0.2) is 0 Å². The third kappa shape index (κ3) is 2.31. The summed E-state index contributed by atoms with van der Waals surface area (Å²) in [5, 5.41) is 8.23. The highest BCUT2D eigenvalue weighted by atomic mass is 15.3. The molecule has 3 unspecified atom stereocenters. The van der Waals surface area contributed by atoms with Gasteiger partial charge in [-0.1, -0.05) is 6.42 Å². The molecule has 0 aliphatic heterocycles. The van der Waals surface area contributed by atoms with Gasteiger partial charge in [0.2, 0.25) is 0 Å². The van der Waals surface area contributed by atoms with Gasteiger partial charge in [0, 0.05) is 36.4 Å². The van der Waals surface area contributed by atoms with Crippen LogP contribution in [0.5, 0.6) is 0 Å². The highest BCUT2D eigenvalue weighted by molar-refractivity contribution is 5.24. The summed E-state index contributed by atoms with van der Waals surface area (Å²) in [7, 11) is 2.05. The molecular formula is C14H24N4. The Morgan fingerprint density at radius 1 is 1.33 bits per heavy atom. The van der Waals surface area contributed by atoms with Crippen molar-refractivity contribution in [2.75, 3.05) is 0 Å². The minimum absolute atomic E-state index is 0.396. The molecule has 1 heterocycles. The molecule has 3 atom stereocenters. The van der Waals surface area contributed by atoms with Gasteiger partial charge in [-0.15, -0.1) is 0 Å². The van der Waals surface area contributed by atoms with E-state index in [9.17, 15) is 0 Å². The lowest BCUT2D eigenvalue weighted by atomic mass is 9.88. The van der Waals surface area contributed by atoms with Crippen molar-refractivity contribution in [3.8, 4) is 0 Å². The van der Waals surface area contributed by atoms with Crippen molar-refractivity contribution < 1.29 is 0 Å². The number of nitrogens with one attached hydrogen (secondary N) is 1. The Bertz CT molecular complexity index is 412. The van der Waals surface area contributed by atoms with Crippen LogP contribution in [0.2, 0.25) is 0 Å². The zero-order chi connectivity index (χ0) is 12.5. The van der Waals surface area contributed by atoms with Crippen LogP contribution in [0.25, 0.3) is 0 Å². The van der Waals surface area contributed by atoms with E-state index >= 15 is 0 Å². The molecule has 2 aliphatic rings. The van der Waals surface area contributed by atoms with Crippen LogP contribution in [0.4, 0.5) is 0 Å². The molecule has 4 heteroatoms. The van der Waals surface area contributed by atoms with E-state index in [2.05, 4.69) is 23.7 Å². The van der Waals surface area contributed by atoms with Crippen molar-refractivity contribution in [2.45, 2.75) is 63.1 Å². The van der Waals surface area contributed by atoms with Crippen LogP contribution in [-0.2, 0) is 13.5 Å². The Morgan fingerprint density at radius 2 is 2.22 bits per heavy atom. The fourth-order valence-electron chi connectivity index (χ4n) is 3.54. The molecule has 0 spiro atoms. The van der Waals surface area contributed by atoms with Crippen molar-refractivity contribution in [3.63, 3.8) is 0 Å².